The molecule has 0 amide bonds. The number of hydrogen-bond acceptors (Lipinski definition) is 2. The largest absolute Gasteiger partial charge is 0.284 e. The van der Waals surface area contributed by atoms with Crippen LogP contribution in [0.2, 0.25) is 0 Å². The molecule has 0 fully saturated rings. The molecule has 4 heteroatoms. The fourth-order valence-electron chi connectivity index (χ4n) is 1.77. The van der Waals surface area contributed by atoms with E-state index in [1.807, 2.05) is 12.1 Å². The van der Waals surface area contributed by atoms with Crippen LogP contribution in [-0.2, 0) is 10.0 Å². The van der Waals surface area contributed by atoms with Gasteiger partial charge in [0.15, 0.2) is 0 Å². The highest BCUT2D eigenvalue weighted by Crippen LogP contribution is 2.22. The topological polar surface area (TPSA) is 46.2 Å². The van der Waals surface area contributed by atoms with Crippen molar-refractivity contribution in [3.8, 4) is 0 Å². The molecule has 90 valence electrons. The van der Waals surface area contributed by atoms with Gasteiger partial charge in [-0.15, -0.1) is 0 Å². The average Bonchev–Trinajstić information content (AvgIpc) is 2.29. The van der Waals surface area contributed by atoms with E-state index in [0.29, 0.717) is 5.69 Å². The first kappa shape index (κ1) is 11.9. The summed E-state index contributed by atoms with van der Waals surface area (Å²) < 4.78 is 24.6. The van der Waals surface area contributed by atoms with E-state index < -0.39 is 10.0 Å². The van der Waals surface area contributed by atoms with E-state index in [0.717, 1.165) is 24.7 Å². The van der Waals surface area contributed by atoms with Crippen LogP contribution in [0.15, 0.2) is 42.5 Å². The highest BCUT2D eigenvalue weighted by Gasteiger charge is 2.03. The van der Waals surface area contributed by atoms with Crippen molar-refractivity contribution in [2.75, 3.05) is 11.0 Å². The van der Waals surface area contributed by atoms with Gasteiger partial charge in [-0.25, -0.2) is 8.42 Å². The Bertz CT molecular complexity index is 554. The second-order valence-electron chi connectivity index (χ2n) is 4.09. The number of rotatable bonds is 3. The Labute approximate surface area is 102 Å². The molecule has 0 saturated heterocycles. The molecule has 0 bridgehead atoms. The molecule has 1 N–H and O–H groups in total. The molecular formula is C13H15NO2S. The van der Waals surface area contributed by atoms with Crippen LogP contribution in [0.25, 0.3) is 5.57 Å². The summed E-state index contributed by atoms with van der Waals surface area (Å²) in [6.07, 6.45) is 9.75. The van der Waals surface area contributed by atoms with Gasteiger partial charge in [-0.3, -0.25) is 4.72 Å². The van der Waals surface area contributed by atoms with Gasteiger partial charge in [0.25, 0.3) is 0 Å². The fourth-order valence-corrected chi connectivity index (χ4v) is 2.34. The second kappa shape index (κ2) is 4.75. The lowest BCUT2D eigenvalue weighted by molar-refractivity contribution is 0.607. The van der Waals surface area contributed by atoms with Gasteiger partial charge in [-0.1, -0.05) is 30.4 Å². The van der Waals surface area contributed by atoms with E-state index in [9.17, 15) is 8.42 Å². The Balaban J connectivity index is 2.18. The third kappa shape index (κ3) is 3.46. The zero-order valence-electron chi connectivity index (χ0n) is 9.68. The number of anilines is 1. The van der Waals surface area contributed by atoms with Gasteiger partial charge < -0.3 is 0 Å². The second-order valence-corrected chi connectivity index (χ2v) is 5.84. The van der Waals surface area contributed by atoms with E-state index in [1.54, 1.807) is 12.1 Å². The van der Waals surface area contributed by atoms with Crippen LogP contribution >= 0.6 is 0 Å². The summed E-state index contributed by atoms with van der Waals surface area (Å²) in [5.41, 5.74) is 2.90. The van der Waals surface area contributed by atoms with E-state index in [-0.39, 0.29) is 0 Å². The third-order valence-corrected chi connectivity index (χ3v) is 3.12. The first-order chi connectivity index (χ1) is 8.04. The third-order valence-electron chi connectivity index (χ3n) is 2.52. The molecule has 1 aliphatic rings. The van der Waals surface area contributed by atoms with Crippen LogP contribution in [0.4, 0.5) is 5.69 Å². The molecule has 17 heavy (non-hydrogen) atoms. The van der Waals surface area contributed by atoms with Crippen LogP contribution < -0.4 is 4.72 Å². The summed E-state index contributed by atoms with van der Waals surface area (Å²) >= 11 is 0. The quantitative estimate of drug-likeness (QED) is 0.895. The summed E-state index contributed by atoms with van der Waals surface area (Å²) in [6.45, 7) is 0. The maximum atomic E-state index is 11.1. The SMILES string of the molecule is CS(=O)(=O)Nc1ccc(C2=CCCC=C2)cc1. The summed E-state index contributed by atoms with van der Waals surface area (Å²) in [4.78, 5) is 0. The van der Waals surface area contributed by atoms with Gasteiger partial charge >= 0.3 is 0 Å². The van der Waals surface area contributed by atoms with Crippen molar-refractivity contribution in [3.63, 3.8) is 0 Å². The highest BCUT2D eigenvalue weighted by molar-refractivity contribution is 7.92. The number of allylic oxidation sites excluding steroid dienone is 4. The van der Waals surface area contributed by atoms with Gasteiger partial charge in [-0.2, -0.15) is 0 Å². The number of nitrogens with one attached hydrogen (secondary N) is 1. The molecule has 0 radical (unpaired) electrons. The maximum Gasteiger partial charge on any atom is 0.229 e. The van der Waals surface area contributed by atoms with Crippen LogP contribution in [0.5, 0.6) is 0 Å². The van der Waals surface area contributed by atoms with Crippen molar-refractivity contribution in [2.24, 2.45) is 0 Å². The number of benzene rings is 1. The predicted molar refractivity (Wildman–Crippen MR) is 71.3 cm³/mol. The summed E-state index contributed by atoms with van der Waals surface area (Å²) in [5, 5.41) is 0. The van der Waals surface area contributed by atoms with Crippen LogP contribution in [0, 0.1) is 0 Å². The van der Waals surface area contributed by atoms with Crippen molar-refractivity contribution in [1.29, 1.82) is 0 Å². The monoisotopic (exact) mass is 249 g/mol. The molecule has 0 spiro atoms. The molecule has 0 saturated carbocycles. The molecule has 1 aliphatic carbocycles. The van der Waals surface area contributed by atoms with E-state index in [1.165, 1.54) is 5.57 Å². The molecule has 0 aliphatic heterocycles. The molecular weight excluding hydrogens is 234 g/mol. The van der Waals surface area contributed by atoms with E-state index in [4.69, 9.17) is 0 Å². The van der Waals surface area contributed by atoms with E-state index in [2.05, 4.69) is 23.0 Å². The fraction of sp³-hybridized carbons (Fsp3) is 0.231. The minimum absolute atomic E-state index is 0.594. The van der Waals surface area contributed by atoms with Crippen molar-refractivity contribution >= 4 is 21.3 Å². The Kier molecular flexibility index (Phi) is 3.33. The molecule has 0 atom stereocenters. The Hall–Kier alpha value is -1.55. The van der Waals surface area contributed by atoms with E-state index >= 15 is 0 Å². The summed E-state index contributed by atoms with van der Waals surface area (Å²) in [5.74, 6) is 0. The van der Waals surface area contributed by atoms with Gasteiger partial charge in [0.2, 0.25) is 10.0 Å². The van der Waals surface area contributed by atoms with Crippen LogP contribution in [0.1, 0.15) is 18.4 Å². The van der Waals surface area contributed by atoms with Crippen molar-refractivity contribution in [1.82, 2.24) is 0 Å². The van der Waals surface area contributed by atoms with Gasteiger partial charge in [-0.05, 0) is 36.1 Å². The van der Waals surface area contributed by atoms with Crippen LogP contribution in [0.3, 0.4) is 0 Å². The number of sulfonamides is 1. The normalized spacial score (nSPS) is 15.5. The first-order valence-electron chi connectivity index (χ1n) is 5.49. The van der Waals surface area contributed by atoms with Gasteiger partial charge in [0.05, 0.1) is 6.26 Å². The lowest BCUT2D eigenvalue weighted by Gasteiger charge is -2.08. The molecule has 3 nitrogen and oxygen atoms in total. The molecule has 1 aromatic carbocycles. The Morgan fingerprint density at radius 1 is 1.12 bits per heavy atom. The maximum absolute atomic E-state index is 11.1. The molecule has 0 heterocycles. The summed E-state index contributed by atoms with van der Waals surface area (Å²) in [6, 6.07) is 7.41. The number of hydrogen-bond donors (Lipinski definition) is 1. The van der Waals surface area contributed by atoms with Gasteiger partial charge in [0, 0.05) is 5.69 Å². The lowest BCUT2D eigenvalue weighted by Crippen LogP contribution is -2.09. The first-order valence-corrected chi connectivity index (χ1v) is 7.39. The van der Waals surface area contributed by atoms with Crippen molar-refractivity contribution < 1.29 is 8.42 Å². The minimum atomic E-state index is -3.19. The zero-order valence-corrected chi connectivity index (χ0v) is 10.5. The Morgan fingerprint density at radius 2 is 1.82 bits per heavy atom. The lowest BCUT2D eigenvalue weighted by atomic mass is 10.00. The predicted octanol–water partition coefficient (Wildman–Crippen LogP) is 2.79. The van der Waals surface area contributed by atoms with Crippen LogP contribution in [-0.4, -0.2) is 14.7 Å². The molecule has 0 unspecified atom stereocenters. The zero-order chi connectivity index (χ0) is 12.3. The minimum Gasteiger partial charge on any atom is -0.284 e. The van der Waals surface area contributed by atoms with Crippen molar-refractivity contribution in [3.05, 3.63) is 48.1 Å². The molecule has 1 aromatic rings. The standard InChI is InChI=1S/C13H15NO2S/c1-17(15,16)14-13-9-7-12(8-10-13)11-5-3-2-4-6-11/h3,5-10,14H,2,4H2,1H3. The molecule has 2 rings (SSSR count). The van der Waals surface area contributed by atoms with Crippen molar-refractivity contribution in [2.45, 2.75) is 12.8 Å². The smallest absolute Gasteiger partial charge is 0.229 e. The summed E-state index contributed by atoms with van der Waals surface area (Å²) in [7, 11) is -3.19. The molecule has 0 aromatic heterocycles. The Morgan fingerprint density at radius 3 is 2.35 bits per heavy atom. The van der Waals surface area contributed by atoms with Gasteiger partial charge in [0.1, 0.15) is 0 Å². The highest BCUT2D eigenvalue weighted by atomic mass is 32.2. The average molecular weight is 249 g/mol.